The monoisotopic (exact) mass is 420 g/mol. The maximum atomic E-state index is 13.2. The summed E-state index contributed by atoms with van der Waals surface area (Å²) in [7, 11) is 0. The number of rotatable bonds is 6. The third-order valence-electron chi connectivity index (χ3n) is 5.13. The van der Waals surface area contributed by atoms with Gasteiger partial charge in [0, 0.05) is 30.3 Å². The summed E-state index contributed by atoms with van der Waals surface area (Å²) < 4.78 is 7.46. The molecule has 1 atom stereocenters. The quantitative estimate of drug-likeness (QED) is 0.595. The van der Waals surface area contributed by atoms with Gasteiger partial charge in [-0.15, -0.1) is 0 Å². The van der Waals surface area contributed by atoms with Gasteiger partial charge in [-0.2, -0.15) is 10.4 Å². The van der Waals surface area contributed by atoms with E-state index in [-0.39, 0.29) is 11.9 Å². The van der Waals surface area contributed by atoms with Crippen molar-refractivity contribution in [2.24, 2.45) is 0 Å². The summed E-state index contributed by atoms with van der Waals surface area (Å²) >= 11 is 6.00. The number of halogens is 1. The van der Waals surface area contributed by atoms with Crippen LogP contribution in [0, 0.1) is 11.3 Å². The number of ether oxygens (including phenoxy) is 1. The van der Waals surface area contributed by atoms with E-state index in [2.05, 4.69) is 6.07 Å². The highest BCUT2D eigenvalue weighted by atomic mass is 35.5. The van der Waals surface area contributed by atoms with Crippen LogP contribution in [0.1, 0.15) is 34.6 Å². The average Bonchev–Trinajstić information content (AvgIpc) is 3.22. The van der Waals surface area contributed by atoms with Crippen LogP contribution in [0.3, 0.4) is 0 Å². The molecular formula is C23H21ClN4O2. The first-order valence-electron chi connectivity index (χ1n) is 9.80. The predicted octanol–water partition coefficient (Wildman–Crippen LogP) is 4.31. The zero-order valence-corrected chi connectivity index (χ0v) is 17.3. The lowest BCUT2D eigenvalue weighted by molar-refractivity contribution is 0.0493. The molecule has 0 radical (unpaired) electrons. The number of hydrogen-bond donors (Lipinski definition) is 0. The molecular weight excluding hydrogens is 400 g/mol. The van der Waals surface area contributed by atoms with Crippen LogP contribution in [0.2, 0.25) is 5.02 Å². The molecule has 152 valence electrons. The molecule has 0 aliphatic carbocycles. The van der Waals surface area contributed by atoms with Crippen LogP contribution >= 0.6 is 11.6 Å². The second-order valence-corrected chi connectivity index (χ2v) is 7.61. The minimum Gasteiger partial charge on any atom is -0.379 e. The van der Waals surface area contributed by atoms with Gasteiger partial charge in [0.05, 0.1) is 30.0 Å². The van der Waals surface area contributed by atoms with Crippen molar-refractivity contribution in [1.29, 1.82) is 5.26 Å². The molecule has 30 heavy (non-hydrogen) atoms. The summed E-state index contributed by atoms with van der Waals surface area (Å²) in [5.74, 6) is -0.0696. The molecule has 1 aromatic heterocycles. The van der Waals surface area contributed by atoms with E-state index in [9.17, 15) is 4.79 Å². The molecule has 2 heterocycles. The summed E-state index contributed by atoms with van der Waals surface area (Å²) in [5, 5.41) is 14.3. The first-order valence-corrected chi connectivity index (χ1v) is 10.2. The molecule has 0 saturated heterocycles. The minimum absolute atomic E-state index is 0.0696. The number of aromatic nitrogens is 2. The molecule has 0 N–H and O–H groups in total. The van der Waals surface area contributed by atoms with Crippen LogP contribution in [0.5, 0.6) is 0 Å². The Morgan fingerprint density at radius 1 is 1.20 bits per heavy atom. The van der Waals surface area contributed by atoms with Gasteiger partial charge in [0.1, 0.15) is 5.69 Å². The summed E-state index contributed by atoms with van der Waals surface area (Å²) in [6.07, 6.45) is 0. The molecule has 0 fully saturated rings. The first kappa shape index (κ1) is 20.1. The van der Waals surface area contributed by atoms with Gasteiger partial charge in [0.15, 0.2) is 0 Å². The topological polar surface area (TPSA) is 71.2 Å². The fourth-order valence-electron chi connectivity index (χ4n) is 3.59. The molecule has 2 aromatic carbocycles. The molecule has 0 spiro atoms. The van der Waals surface area contributed by atoms with Crippen molar-refractivity contribution in [3.05, 3.63) is 76.4 Å². The minimum atomic E-state index is -0.0721. The number of carbonyl (C=O) groups excluding carboxylic acids is 1. The molecule has 3 aromatic rings. The van der Waals surface area contributed by atoms with E-state index in [0.29, 0.717) is 42.6 Å². The van der Waals surface area contributed by atoms with Crippen molar-refractivity contribution >= 4 is 17.5 Å². The number of fused-ring (bicyclic) bond motifs is 1. The van der Waals surface area contributed by atoms with Crippen molar-refractivity contribution in [3.8, 4) is 17.3 Å². The number of hydrogen-bond acceptors (Lipinski definition) is 4. The number of amides is 1. The lowest BCUT2D eigenvalue weighted by Gasteiger charge is -2.33. The van der Waals surface area contributed by atoms with Crippen LogP contribution in [0.4, 0.5) is 0 Å². The highest BCUT2D eigenvalue weighted by Gasteiger charge is 2.33. The zero-order chi connectivity index (χ0) is 21.1. The summed E-state index contributed by atoms with van der Waals surface area (Å²) in [5.41, 5.74) is 3.76. The number of nitrogens with zero attached hydrogens (tertiary/aromatic N) is 4. The van der Waals surface area contributed by atoms with Crippen LogP contribution in [-0.4, -0.2) is 40.3 Å². The van der Waals surface area contributed by atoms with Gasteiger partial charge >= 0.3 is 0 Å². The third kappa shape index (κ3) is 4.09. The first-order chi connectivity index (χ1) is 14.6. The third-order valence-corrected chi connectivity index (χ3v) is 5.38. The second-order valence-electron chi connectivity index (χ2n) is 7.17. The lowest BCUT2D eigenvalue weighted by Crippen LogP contribution is -2.44. The molecule has 4 rings (SSSR count). The average molecular weight is 421 g/mol. The largest absolute Gasteiger partial charge is 0.379 e. The fraction of sp³-hybridized carbons (Fsp3) is 0.261. The van der Waals surface area contributed by atoms with Gasteiger partial charge in [-0.1, -0.05) is 35.9 Å². The van der Waals surface area contributed by atoms with E-state index in [1.807, 2.05) is 54.3 Å². The van der Waals surface area contributed by atoms with Crippen molar-refractivity contribution in [1.82, 2.24) is 14.7 Å². The van der Waals surface area contributed by atoms with Crippen LogP contribution in [-0.2, 0) is 11.3 Å². The fourth-order valence-corrected chi connectivity index (χ4v) is 3.72. The van der Waals surface area contributed by atoms with Gasteiger partial charge in [0.25, 0.3) is 5.91 Å². The van der Waals surface area contributed by atoms with Crippen molar-refractivity contribution in [3.63, 3.8) is 0 Å². The second kappa shape index (κ2) is 8.70. The van der Waals surface area contributed by atoms with Crippen molar-refractivity contribution < 1.29 is 9.53 Å². The maximum absolute atomic E-state index is 13.2. The Hall–Kier alpha value is -3.14. The van der Waals surface area contributed by atoms with E-state index >= 15 is 0 Å². The number of benzene rings is 2. The van der Waals surface area contributed by atoms with Crippen molar-refractivity contribution in [2.45, 2.75) is 19.5 Å². The number of nitriles is 1. The highest BCUT2D eigenvalue weighted by Crippen LogP contribution is 2.28. The molecule has 7 heteroatoms. The Morgan fingerprint density at radius 3 is 2.60 bits per heavy atom. The molecule has 1 unspecified atom stereocenters. The number of carbonyl (C=O) groups is 1. The summed E-state index contributed by atoms with van der Waals surface area (Å²) in [6.45, 7) is 4.00. The standard InChI is InChI=1S/C23H21ClN4O2/c1-2-30-15-20-14-27(13-17-5-3-16(12-25)4-6-17)23(29)22-11-21(26-28(20)22)18-7-9-19(24)10-8-18/h3-11,20H,2,13-15H2,1H3. The summed E-state index contributed by atoms with van der Waals surface area (Å²) in [4.78, 5) is 15.0. The van der Waals surface area contributed by atoms with Crippen LogP contribution in [0.15, 0.2) is 54.6 Å². The smallest absolute Gasteiger partial charge is 0.272 e. The van der Waals surface area contributed by atoms with E-state index in [4.69, 9.17) is 26.7 Å². The Morgan fingerprint density at radius 2 is 1.93 bits per heavy atom. The molecule has 1 amide bonds. The molecule has 6 nitrogen and oxygen atoms in total. The Labute approximate surface area is 180 Å². The van der Waals surface area contributed by atoms with Gasteiger partial charge in [0.2, 0.25) is 0 Å². The predicted molar refractivity (Wildman–Crippen MR) is 114 cm³/mol. The molecule has 1 aliphatic heterocycles. The highest BCUT2D eigenvalue weighted by molar-refractivity contribution is 6.30. The Kier molecular flexibility index (Phi) is 5.84. The van der Waals surface area contributed by atoms with E-state index in [1.54, 1.807) is 16.8 Å². The molecule has 0 saturated carbocycles. The van der Waals surface area contributed by atoms with Crippen molar-refractivity contribution in [2.75, 3.05) is 19.8 Å². The van der Waals surface area contributed by atoms with Gasteiger partial charge in [-0.05, 0) is 42.8 Å². The van der Waals surface area contributed by atoms with Crippen LogP contribution < -0.4 is 0 Å². The SMILES string of the molecule is CCOCC1CN(Cc2ccc(C#N)cc2)C(=O)c2cc(-c3ccc(Cl)cc3)nn21. The molecule has 0 bridgehead atoms. The molecule has 1 aliphatic rings. The van der Waals surface area contributed by atoms with Gasteiger partial charge in [-0.25, -0.2) is 0 Å². The lowest BCUT2D eigenvalue weighted by atomic mass is 10.1. The van der Waals surface area contributed by atoms with E-state index in [1.165, 1.54) is 0 Å². The van der Waals surface area contributed by atoms with Gasteiger partial charge < -0.3 is 9.64 Å². The van der Waals surface area contributed by atoms with E-state index < -0.39 is 0 Å². The Bertz CT molecular complexity index is 1080. The normalized spacial score (nSPS) is 15.7. The van der Waals surface area contributed by atoms with E-state index in [0.717, 1.165) is 16.8 Å². The van der Waals surface area contributed by atoms with Crippen LogP contribution in [0.25, 0.3) is 11.3 Å². The summed E-state index contributed by atoms with van der Waals surface area (Å²) in [6, 6.07) is 18.6. The van der Waals surface area contributed by atoms with Gasteiger partial charge in [-0.3, -0.25) is 9.48 Å². The maximum Gasteiger partial charge on any atom is 0.272 e. The zero-order valence-electron chi connectivity index (χ0n) is 16.6. The Balaban J connectivity index is 1.64.